The van der Waals surface area contributed by atoms with Crippen LogP contribution in [0.2, 0.25) is 0 Å². The van der Waals surface area contributed by atoms with Crippen LogP contribution in [-0.2, 0) is 6.54 Å². The second kappa shape index (κ2) is 6.74. The zero-order valence-corrected chi connectivity index (χ0v) is 13.7. The van der Waals surface area contributed by atoms with Crippen LogP contribution in [0.1, 0.15) is 23.0 Å². The van der Waals surface area contributed by atoms with Crippen LogP contribution in [-0.4, -0.2) is 29.4 Å². The Bertz CT molecular complexity index is 855. The standard InChI is InChI=1S/C19H19FN2O2/c1-3-24-14-9-7-13(8-10-14)12-22(2)19(23)18-11-15-16(20)5-4-6-17(15)21-18/h4-11,21H,3,12H2,1-2H3. The molecule has 0 saturated carbocycles. The summed E-state index contributed by atoms with van der Waals surface area (Å²) in [7, 11) is 1.72. The molecule has 5 heteroatoms. The van der Waals surface area contributed by atoms with E-state index in [0.29, 0.717) is 29.7 Å². The molecule has 0 aliphatic rings. The van der Waals surface area contributed by atoms with E-state index < -0.39 is 0 Å². The maximum absolute atomic E-state index is 13.8. The fraction of sp³-hybridized carbons (Fsp3) is 0.211. The number of nitrogens with one attached hydrogen (secondary N) is 1. The molecule has 0 atom stereocenters. The molecule has 0 saturated heterocycles. The first-order chi connectivity index (χ1) is 11.6. The van der Waals surface area contributed by atoms with Crippen LogP contribution in [0.4, 0.5) is 4.39 Å². The summed E-state index contributed by atoms with van der Waals surface area (Å²) in [5, 5.41) is 0.426. The number of aromatic amines is 1. The number of nitrogens with zero attached hydrogens (tertiary/aromatic N) is 1. The topological polar surface area (TPSA) is 45.3 Å². The fourth-order valence-electron chi connectivity index (χ4n) is 2.64. The molecular formula is C19H19FN2O2. The average molecular weight is 326 g/mol. The van der Waals surface area contributed by atoms with Crippen molar-refractivity contribution in [1.82, 2.24) is 9.88 Å². The number of halogens is 1. The van der Waals surface area contributed by atoms with E-state index in [1.54, 1.807) is 30.1 Å². The molecule has 2 aromatic carbocycles. The Hall–Kier alpha value is -2.82. The number of benzene rings is 2. The summed E-state index contributed by atoms with van der Waals surface area (Å²) in [5.41, 5.74) is 1.99. The number of ether oxygens (including phenoxy) is 1. The first-order valence-electron chi connectivity index (χ1n) is 7.83. The third-order valence-electron chi connectivity index (χ3n) is 3.84. The van der Waals surface area contributed by atoms with Crippen molar-refractivity contribution in [3.63, 3.8) is 0 Å². The van der Waals surface area contributed by atoms with Crippen LogP contribution in [0.5, 0.6) is 5.75 Å². The van der Waals surface area contributed by atoms with Gasteiger partial charge in [0.15, 0.2) is 0 Å². The van der Waals surface area contributed by atoms with E-state index in [0.717, 1.165) is 11.3 Å². The Morgan fingerprint density at radius 3 is 2.62 bits per heavy atom. The van der Waals surface area contributed by atoms with Crippen molar-refractivity contribution in [2.45, 2.75) is 13.5 Å². The monoisotopic (exact) mass is 326 g/mol. The Balaban J connectivity index is 1.74. The molecule has 1 aromatic heterocycles. The van der Waals surface area contributed by atoms with Gasteiger partial charge in [-0.25, -0.2) is 4.39 Å². The van der Waals surface area contributed by atoms with Crippen LogP contribution < -0.4 is 4.74 Å². The van der Waals surface area contributed by atoms with Crippen molar-refractivity contribution in [3.05, 3.63) is 65.6 Å². The molecule has 0 unspecified atom stereocenters. The van der Waals surface area contributed by atoms with Crippen molar-refractivity contribution in [2.75, 3.05) is 13.7 Å². The Labute approximate surface area is 139 Å². The predicted molar refractivity (Wildman–Crippen MR) is 91.7 cm³/mol. The number of carbonyl (C=O) groups is 1. The van der Waals surface area contributed by atoms with Crippen LogP contribution in [0.3, 0.4) is 0 Å². The SMILES string of the molecule is CCOc1ccc(CN(C)C(=O)c2cc3c(F)cccc3[nH]2)cc1. The highest BCUT2D eigenvalue weighted by Crippen LogP contribution is 2.20. The molecule has 3 rings (SSSR count). The van der Waals surface area contributed by atoms with E-state index in [1.165, 1.54) is 6.07 Å². The first-order valence-corrected chi connectivity index (χ1v) is 7.83. The second-order valence-corrected chi connectivity index (χ2v) is 5.62. The van der Waals surface area contributed by atoms with Crippen LogP contribution in [0, 0.1) is 5.82 Å². The molecule has 1 amide bonds. The van der Waals surface area contributed by atoms with Gasteiger partial charge in [0.1, 0.15) is 17.3 Å². The lowest BCUT2D eigenvalue weighted by Gasteiger charge is -2.16. The van der Waals surface area contributed by atoms with Gasteiger partial charge in [0.2, 0.25) is 0 Å². The quantitative estimate of drug-likeness (QED) is 0.771. The minimum absolute atomic E-state index is 0.181. The lowest BCUT2D eigenvalue weighted by molar-refractivity contribution is 0.0780. The Kier molecular flexibility index (Phi) is 4.51. The molecule has 0 bridgehead atoms. The van der Waals surface area contributed by atoms with Gasteiger partial charge < -0.3 is 14.6 Å². The van der Waals surface area contributed by atoms with Gasteiger partial charge in [0.05, 0.1) is 6.61 Å². The molecule has 124 valence electrons. The van der Waals surface area contributed by atoms with E-state index in [9.17, 15) is 9.18 Å². The molecule has 3 aromatic rings. The maximum Gasteiger partial charge on any atom is 0.270 e. The van der Waals surface area contributed by atoms with Crippen molar-refractivity contribution >= 4 is 16.8 Å². The third kappa shape index (κ3) is 3.25. The van der Waals surface area contributed by atoms with Crippen molar-refractivity contribution < 1.29 is 13.9 Å². The van der Waals surface area contributed by atoms with Crippen LogP contribution in [0.25, 0.3) is 10.9 Å². The molecule has 24 heavy (non-hydrogen) atoms. The molecule has 0 radical (unpaired) electrons. The highest BCUT2D eigenvalue weighted by atomic mass is 19.1. The summed E-state index contributed by atoms with van der Waals surface area (Å²) in [6.45, 7) is 3.02. The Morgan fingerprint density at radius 1 is 1.21 bits per heavy atom. The number of H-pyrrole nitrogens is 1. The van der Waals surface area contributed by atoms with E-state index in [4.69, 9.17) is 4.74 Å². The summed E-state index contributed by atoms with van der Waals surface area (Å²) in [4.78, 5) is 17.1. The number of aromatic nitrogens is 1. The van der Waals surface area contributed by atoms with Gasteiger partial charge in [-0.15, -0.1) is 0 Å². The van der Waals surface area contributed by atoms with Gasteiger partial charge >= 0.3 is 0 Å². The van der Waals surface area contributed by atoms with Crippen molar-refractivity contribution in [1.29, 1.82) is 0 Å². The number of rotatable bonds is 5. The minimum atomic E-state index is -0.336. The van der Waals surface area contributed by atoms with E-state index in [-0.39, 0.29) is 11.7 Å². The molecule has 1 N–H and O–H groups in total. The van der Waals surface area contributed by atoms with E-state index in [1.807, 2.05) is 31.2 Å². The largest absolute Gasteiger partial charge is 0.494 e. The molecular weight excluding hydrogens is 307 g/mol. The molecule has 1 heterocycles. The second-order valence-electron chi connectivity index (χ2n) is 5.62. The smallest absolute Gasteiger partial charge is 0.270 e. The first kappa shape index (κ1) is 16.1. The molecule has 0 aliphatic heterocycles. The van der Waals surface area contributed by atoms with Gasteiger partial charge in [0, 0.05) is 24.5 Å². The highest BCUT2D eigenvalue weighted by Gasteiger charge is 2.16. The van der Waals surface area contributed by atoms with Crippen LogP contribution in [0.15, 0.2) is 48.5 Å². The van der Waals surface area contributed by atoms with Gasteiger partial charge in [0.25, 0.3) is 5.91 Å². The predicted octanol–water partition coefficient (Wildman–Crippen LogP) is 3.98. The molecule has 0 aliphatic carbocycles. The summed E-state index contributed by atoms with van der Waals surface area (Å²) >= 11 is 0. The number of fused-ring (bicyclic) bond motifs is 1. The van der Waals surface area contributed by atoms with Gasteiger partial charge in [-0.1, -0.05) is 18.2 Å². The maximum atomic E-state index is 13.8. The fourth-order valence-corrected chi connectivity index (χ4v) is 2.64. The molecule has 4 nitrogen and oxygen atoms in total. The third-order valence-corrected chi connectivity index (χ3v) is 3.84. The lowest BCUT2D eigenvalue weighted by atomic mass is 10.2. The van der Waals surface area contributed by atoms with Crippen LogP contribution >= 0.6 is 0 Å². The molecule has 0 fully saturated rings. The summed E-state index contributed by atoms with van der Waals surface area (Å²) < 4.78 is 19.2. The van der Waals surface area contributed by atoms with Gasteiger partial charge in [-0.2, -0.15) is 0 Å². The highest BCUT2D eigenvalue weighted by molar-refractivity contribution is 5.98. The number of hydrogen-bond donors (Lipinski definition) is 1. The summed E-state index contributed by atoms with van der Waals surface area (Å²) in [6, 6.07) is 13.9. The minimum Gasteiger partial charge on any atom is -0.494 e. The molecule has 0 spiro atoms. The number of amides is 1. The van der Waals surface area contributed by atoms with Gasteiger partial charge in [-0.05, 0) is 42.8 Å². The summed E-state index contributed by atoms with van der Waals surface area (Å²) in [6.07, 6.45) is 0. The zero-order valence-electron chi connectivity index (χ0n) is 13.7. The van der Waals surface area contributed by atoms with Crippen molar-refractivity contribution in [3.8, 4) is 5.75 Å². The Morgan fingerprint density at radius 2 is 1.96 bits per heavy atom. The number of hydrogen-bond acceptors (Lipinski definition) is 2. The number of carbonyl (C=O) groups excluding carboxylic acids is 1. The summed E-state index contributed by atoms with van der Waals surface area (Å²) in [5.74, 6) is 0.290. The average Bonchev–Trinajstić information content (AvgIpc) is 3.02. The van der Waals surface area contributed by atoms with Gasteiger partial charge in [-0.3, -0.25) is 4.79 Å². The zero-order chi connectivity index (χ0) is 17.1. The van der Waals surface area contributed by atoms with E-state index >= 15 is 0 Å². The normalized spacial score (nSPS) is 10.8. The lowest BCUT2D eigenvalue weighted by Crippen LogP contribution is -2.26. The van der Waals surface area contributed by atoms with Crippen molar-refractivity contribution in [2.24, 2.45) is 0 Å². The van der Waals surface area contributed by atoms with E-state index in [2.05, 4.69) is 4.98 Å².